The van der Waals surface area contributed by atoms with Gasteiger partial charge in [0.15, 0.2) is 0 Å². The SMILES string of the molecule is C[C@@H]1CC(=O)Nc2ccccc2N1C(=O)CN(C)[C@@H](C)c1cccc([N+](=O)[O-])c1. The molecule has 1 aliphatic heterocycles. The second-order valence-electron chi connectivity index (χ2n) is 7.33. The van der Waals surface area contributed by atoms with Crippen molar-refractivity contribution >= 4 is 28.9 Å². The van der Waals surface area contributed by atoms with Crippen molar-refractivity contribution in [3.63, 3.8) is 0 Å². The Morgan fingerprint density at radius 1 is 1.31 bits per heavy atom. The lowest BCUT2D eigenvalue weighted by atomic mass is 10.1. The highest BCUT2D eigenvalue weighted by Gasteiger charge is 2.30. The maximum absolute atomic E-state index is 13.2. The molecular weight excluding hydrogens is 372 g/mol. The number of carbonyl (C=O) groups excluding carboxylic acids is 2. The van der Waals surface area contributed by atoms with Crippen molar-refractivity contribution in [1.29, 1.82) is 0 Å². The monoisotopic (exact) mass is 396 g/mol. The summed E-state index contributed by atoms with van der Waals surface area (Å²) in [6.45, 7) is 3.86. The van der Waals surface area contributed by atoms with E-state index in [0.29, 0.717) is 11.4 Å². The van der Waals surface area contributed by atoms with Crippen LogP contribution in [0.3, 0.4) is 0 Å². The zero-order valence-electron chi connectivity index (χ0n) is 16.7. The molecular formula is C21H24N4O4. The van der Waals surface area contributed by atoms with E-state index in [2.05, 4.69) is 5.32 Å². The van der Waals surface area contributed by atoms with Crippen LogP contribution >= 0.6 is 0 Å². The lowest BCUT2D eigenvalue weighted by molar-refractivity contribution is -0.384. The number of hydrogen-bond donors (Lipinski definition) is 1. The summed E-state index contributed by atoms with van der Waals surface area (Å²) in [5, 5.41) is 13.9. The van der Waals surface area contributed by atoms with Gasteiger partial charge in [-0.05, 0) is 38.6 Å². The topological polar surface area (TPSA) is 95.8 Å². The van der Waals surface area contributed by atoms with E-state index in [-0.39, 0.29) is 42.6 Å². The number of nitrogens with one attached hydrogen (secondary N) is 1. The van der Waals surface area contributed by atoms with Crippen molar-refractivity contribution in [1.82, 2.24) is 4.90 Å². The van der Waals surface area contributed by atoms with Crippen LogP contribution in [0.2, 0.25) is 0 Å². The van der Waals surface area contributed by atoms with Crippen molar-refractivity contribution in [2.24, 2.45) is 0 Å². The molecule has 0 spiro atoms. The second kappa shape index (κ2) is 8.40. The predicted octanol–water partition coefficient (Wildman–Crippen LogP) is 3.35. The normalized spacial score (nSPS) is 17.3. The number of nitrogens with zero attached hydrogens (tertiary/aromatic N) is 3. The van der Waals surface area contributed by atoms with Gasteiger partial charge in [-0.2, -0.15) is 0 Å². The highest BCUT2D eigenvalue weighted by Crippen LogP contribution is 2.32. The third kappa shape index (κ3) is 4.43. The number of para-hydroxylation sites is 2. The van der Waals surface area contributed by atoms with Gasteiger partial charge in [-0.3, -0.25) is 24.6 Å². The molecule has 2 amide bonds. The lowest BCUT2D eigenvalue weighted by Crippen LogP contribution is -2.44. The number of fused-ring (bicyclic) bond motifs is 1. The van der Waals surface area contributed by atoms with Gasteiger partial charge in [-0.25, -0.2) is 0 Å². The summed E-state index contributed by atoms with van der Waals surface area (Å²) in [5.41, 5.74) is 2.07. The van der Waals surface area contributed by atoms with Gasteiger partial charge in [0.1, 0.15) is 0 Å². The Bertz CT molecular complexity index is 946. The molecule has 8 heteroatoms. The summed E-state index contributed by atoms with van der Waals surface area (Å²) in [5.74, 6) is -0.264. The van der Waals surface area contributed by atoms with E-state index in [9.17, 15) is 19.7 Å². The number of nitro benzene ring substituents is 1. The summed E-state index contributed by atoms with van der Waals surface area (Å²) < 4.78 is 0. The average molecular weight is 396 g/mol. The van der Waals surface area contributed by atoms with Crippen LogP contribution in [0.5, 0.6) is 0 Å². The van der Waals surface area contributed by atoms with Crippen LogP contribution in [-0.2, 0) is 9.59 Å². The highest BCUT2D eigenvalue weighted by molar-refractivity contribution is 6.04. The van der Waals surface area contributed by atoms with Crippen LogP contribution in [0.4, 0.5) is 17.1 Å². The molecule has 1 aliphatic rings. The molecule has 0 fully saturated rings. The average Bonchev–Trinajstić information content (AvgIpc) is 2.81. The smallest absolute Gasteiger partial charge is 0.269 e. The van der Waals surface area contributed by atoms with Crippen LogP contribution in [0.15, 0.2) is 48.5 Å². The van der Waals surface area contributed by atoms with Crippen molar-refractivity contribution in [2.45, 2.75) is 32.4 Å². The van der Waals surface area contributed by atoms with Gasteiger partial charge < -0.3 is 10.2 Å². The van der Waals surface area contributed by atoms with Crippen molar-refractivity contribution in [3.05, 3.63) is 64.2 Å². The fourth-order valence-electron chi connectivity index (χ4n) is 3.55. The number of hydrogen-bond acceptors (Lipinski definition) is 5. The van der Waals surface area contributed by atoms with Gasteiger partial charge in [-0.1, -0.05) is 24.3 Å². The van der Waals surface area contributed by atoms with E-state index >= 15 is 0 Å². The number of anilines is 2. The number of non-ortho nitro benzene ring substituents is 1. The van der Waals surface area contributed by atoms with E-state index < -0.39 is 4.92 Å². The molecule has 0 aliphatic carbocycles. The maximum Gasteiger partial charge on any atom is 0.269 e. The molecule has 0 saturated heterocycles. The highest BCUT2D eigenvalue weighted by atomic mass is 16.6. The van der Waals surface area contributed by atoms with Crippen molar-refractivity contribution in [2.75, 3.05) is 23.8 Å². The van der Waals surface area contributed by atoms with Gasteiger partial charge in [-0.15, -0.1) is 0 Å². The first kappa shape index (κ1) is 20.5. The summed E-state index contributed by atoms with van der Waals surface area (Å²) >= 11 is 0. The summed E-state index contributed by atoms with van der Waals surface area (Å²) in [4.78, 5) is 39.4. The molecule has 2 atom stereocenters. The number of rotatable bonds is 5. The van der Waals surface area contributed by atoms with Gasteiger partial charge in [0.25, 0.3) is 5.69 Å². The molecule has 3 rings (SSSR count). The number of amides is 2. The minimum Gasteiger partial charge on any atom is -0.324 e. The van der Waals surface area contributed by atoms with E-state index in [1.807, 2.05) is 43.0 Å². The molecule has 0 saturated carbocycles. The molecule has 0 unspecified atom stereocenters. The number of likely N-dealkylation sites (N-methyl/N-ethyl adjacent to an activating group) is 1. The van der Waals surface area contributed by atoms with Crippen LogP contribution in [-0.4, -0.2) is 41.3 Å². The van der Waals surface area contributed by atoms with Crippen LogP contribution in [0.25, 0.3) is 0 Å². The summed E-state index contributed by atoms with van der Waals surface area (Å²) in [6.07, 6.45) is 0.213. The predicted molar refractivity (Wildman–Crippen MR) is 111 cm³/mol. The molecule has 0 bridgehead atoms. The Hall–Kier alpha value is -3.26. The molecule has 1 heterocycles. The van der Waals surface area contributed by atoms with Crippen LogP contribution in [0, 0.1) is 10.1 Å². The summed E-state index contributed by atoms with van der Waals surface area (Å²) in [6, 6.07) is 13.2. The van der Waals surface area contributed by atoms with Gasteiger partial charge in [0, 0.05) is 30.6 Å². The van der Waals surface area contributed by atoms with E-state index in [4.69, 9.17) is 0 Å². The number of carbonyl (C=O) groups is 2. The first-order valence-corrected chi connectivity index (χ1v) is 9.43. The largest absolute Gasteiger partial charge is 0.324 e. The standard InChI is InChI=1S/C21H24N4O4/c1-14-11-20(26)22-18-9-4-5-10-19(18)24(14)21(27)13-23(3)15(2)16-7-6-8-17(12-16)25(28)29/h4-10,12,14-15H,11,13H2,1-3H3,(H,22,26)/t14-,15+/m1/s1. The molecule has 2 aromatic rings. The Morgan fingerprint density at radius 2 is 2.03 bits per heavy atom. The van der Waals surface area contributed by atoms with E-state index in [1.54, 1.807) is 24.1 Å². The lowest BCUT2D eigenvalue weighted by Gasteiger charge is -2.31. The minimum atomic E-state index is -0.429. The summed E-state index contributed by atoms with van der Waals surface area (Å²) in [7, 11) is 1.80. The molecule has 8 nitrogen and oxygen atoms in total. The van der Waals surface area contributed by atoms with Gasteiger partial charge in [0.05, 0.1) is 22.8 Å². The number of benzene rings is 2. The Kier molecular flexibility index (Phi) is 5.93. The van der Waals surface area contributed by atoms with Gasteiger partial charge in [0.2, 0.25) is 11.8 Å². The first-order chi connectivity index (χ1) is 13.8. The molecule has 1 N–H and O–H groups in total. The fourth-order valence-corrected chi connectivity index (χ4v) is 3.55. The quantitative estimate of drug-likeness (QED) is 0.618. The van der Waals surface area contributed by atoms with Crippen molar-refractivity contribution < 1.29 is 14.5 Å². The zero-order valence-corrected chi connectivity index (χ0v) is 16.7. The molecule has 152 valence electrons. The Labute approximate surface area is 169 Å². The maximum atomic E-state index is 13.2. The van der Waals surface area contributed by atoms with Crippen LogP contribution in [0.1, 0.15) is 31.9 Å². The Morgan fingerprint density at radius 3 is 2.76 bits per heavy atom. The molecule has 29 heavy (non-hydrogen) atoms. The van der Waals surface area contributed by atoms with E-state index in [0.717, 1.165) is 5.56 Å². The molecule has 2 aromatic carbocycles. The minimum absolute atomic E-state index is 0.0220. The second-order valence-corrected chi connectivity index (χ2v) is 7.33. The third-order valence-electron chi connectivity index (χ3n) is 5.24. The molecule has 0 radical (unpaired) electrons. The van der Waals surface area contributed by atoms with Gasteiger partial charge >= 0.3 is 0 Å². The first-order valence-electron chi connectivity index (χ1n) is 9.43. The van der Waals surface area contributed by atoms with Crippen LogP contribution < -0.4 is 10.2 Å². The number of nitro groups is 1. The zero-order chi connectivity index (χ0) is 21.1. The molecule has 0 aromatic heterocycles. The van der Waals surface area contributed by atoms with Crippen molar-refractivity contribution in [3.8, 4) is 0 Å². The Balaban J connectivity index is 1.81. The fraction of sp³-hybridized carbons (Fsp3) is 0.333. The third-order valence-corrected chi connectivity index (χ3v) is 5.24. The van der Waals surface area contributed by atoms with E-state index in [1.165, 1.54) is 12.1 Å².